The summed E-state index contributed by atoms with van der Waals surface area (Å²) in [5, 5.41) is 3.81. The van der Waals surface area contributed by atoms with Gasteiger partial charge in [0, 0.05) is 6.07 Å². The molecule has 1 aromatic carbocycles. The van der Waals surface area contributed by atoms with Crippen LogP contribution >= 0.6 is 0 Å². The molecule has 0 saturated heterocycles. The first-order valence-electron chi connectivity index (χ1n) is 5.84. The molecule has 0 fully saturated rings. The lowest BCUT2D eigenvalue weighted by Crippen LogP contribution is -2.03. The minimum absolute atomic E-state index is 0.172. The Morgan fingerprint density at radius 1 is 1.42 bits per heavy atom. The predicted molar refractivity (Wildman–Crippen MR) is 66.7 cm³/mol. The summed E-state index contributed by atoms with van der Waals surface area (Å²) in [5.74, 6) is 0.262. The molecule has 4 nitrogen and oxygen atoms in total. The number of aryl methyl sites for hydroxylation is 2. The van der Waals surface area contributed by atoms with E-state index in [9.17, 15) is 9.18 Å². The van der Waals surface area contributed by atoms with Gasteiger partial charge in [-0.2, -0.15) is 0 Å². The molecule has 19 heavy (non-hydrogen) atoms. The van der Waals surface area contributed by atoms with Crippen LogP contribution in [0.25, 0.3) is 0 Å². The topological polar surface area (TPSA) is 52.3 Å². The molecule has 100 valence electrons. The third-order valence-corrected chi connectivity index (χ3v) is 2.88. The highest BCUT2D eigenvalue weighted by Crippen LogP contribution is 2.23. The van der Waals surface area contributed by atoms with Crippen LogP contribution in [-0.2, 0) is 6.61 Å². The highest BCUT2D eigenvalue weighted by molar-refractivity contribution is 5.96. The second-order valence-corrected chi connectivity index (χ2v) is 4.29. The Hall–Kier alpha value is -2.17. The van der Waals surface area contributed by atoms with E-state index >= 15 is 0 Å². The van der Waals surface area contributed by atoms with Crippen molar-refractivity contribution in [2.75, 3.05) is 0 Å². The summed E-state index contributed by atoms with van der Waals surface area (Å²) in [6, 6.07) is 3.86. The van der Waals surface area contributed by atoms with Gasteiger partial charge in [0.2, 0.25) is 0 Å². The third kappa shape index (κ3) is 2.81. The molecule has 5 heteroatoms. The number of benzene rings is 1. The Morgan fingerprint density at radius 2 is 2.16 bits per heavy atom. The summed E-state index contributed by atoms with van der Waals surface area (Å²) in [7, 11) is 0. The van der Waals surface area contributed by atoms with Crippen molar-refractivity contribution in [3.8, 4) is 5.75 Å². The van der Waals surface area contributed by atoms with Gasteiger partial charge in [-0.05, 0) is 32.9 Å². The summed E-state index contributed by atoms with van der Waals surface area (Å²) in [4.78, 5) is 11.4. The van der Waals surface area contributed by atoms with Crippen molar-refractivity contribution in [1.82, 2.24) is 5.16 Å². The van der Waals surface area contributed by atoms with E-state index in [-0.39, 0.29) is 18.1 Å². The van der Waals surface area contributed by atoms with Crippen molar-refractivity contribution in [3.05, 3.63) is 46.6 Å². The van der Waals surface area contributed by atoms with E-state index in [4.69, 9.17) is 9.26 Å². The number of halogens is 1. The number of hydrogen-bond acceptors (Lipinski definition) is 4. The number of carbonyl (C=O) groups is 1. The second kappa shape index (κ2) is 5.22. The van der Waals surface area contributed by atoms with Crippen LogP contribution in [-0.4, -0.2) is 10.9 Å². The molecule has 1 aromatic heterocycles. The van der Waals surface area contributed by atoms with Crippen LogP contribution in [0, 0.1) is 19.7 Å². The van der Waals surface area contributed by atoms with Gasteiger partial charge in [0.15, 0.2) is 5.78 Å². The van der Waals surface area contributed by atoms with Crippen molar-refractivity contribution < 1.29 is 18.4 Å². The molecule has 0 saturated carbocycles. The van der Waals surface area contributed by atoms with Crippen LogP contribution in [0.1, 0.15) is 34.3 Å². The van der Waals surface area contributed by atoms with E-state index in [1.165, 1.54) is 25.1 Å². The summed E-state index contributed by atoms with van der Waals surface area (Å²) >= 11 is 0. The van der Waals surface area contributed by atoms with Crippen LogP contribution in [0.3, 0.4) is 0 Å². The highest BCUT2D eigenvalue weighted by atomic mass is 19.1. The van der Waals surface area contributed by atoms with Gasteiger partial charge in [0.25, 0.3) is 0 Å². The van der Waals surface area contributed by atoms with Crippen LogP contribution < -0.4 is 4.74 Å². The average Bonchev–Trinajstić information content (AvgIpc) is 2.66. The Kier molecular flexibility index (Phi) is 3.64. The maximum absolute atomic E-state index is 13.2. The quantitative estimate of drug-likeness (QED) is 0.795. The second-order valence-electron chi connectivity index (χ2n) is 4.29. The molecule has 0 radical (unpaired) electrons. The number of ether oxygens (including phenoxy) is 1. The molecular weight excluding hydrogens is 249 g/mol. The van der Waals surface area contributed by atoms with Crippen molar-refractivity contribution >= 4 is 5.78 Å². The smallest absolute Gasteiger partial charge is 0.163 e. The molecule has 0 unspecified atom stereocenters. The molecule has 0 amide bonds. The number of carbonyl (C=O) groups excluding carboxylic acids is 1. The van der Waals surface area contributed by atoms with Crippen molar-refractivity contribution in [2.24, 2.45) is 0 Å². The van der Waals surface area contributed by atoms with Crippen LogP contribution in [0.4, 0.5) is 4.39 Å². The standard InChI is InChI=1S/C14H14FNO3/c1-8-13(10(3)19-16-8)7-18-14-6-11(15)4-5-12(14)9(2)17/h4-6H,7H2,1-3H3. The van der Waals surface area contributed by atoms with Crippen LogP contribution in [0.5, 0.6) is 5.75 Å². The minimum atomic E-state index is -0.446. The molecule has 0 N–H and O–H groups in total. The highest BCUT2D eigenvalue weighted by Gasteiger charge is 2.13. The predicted octanol–water partition coefficient (Wildman–Crippen LogP) is 3.21. The Bertz CT molecular complexity index is 600. The third-order valence-electron chi connectivity index (χ3n) is 2.88. The van der Waals surface area contributed by atoms with Crippen molar-refractivity contribution in [1.29, 1.82) is 0 Å². The lowest BCUT2D eigenvalue weighted by molar-refractivity contribution is 0.101. The molecule has 1 heterocycles. The van der Waals surface area contributed by atoms with Gasteiger partial charge in [0.1, 0.15) is 23.9 Å². The van der Waals surface area contributed by atoms with Gasteiger partial charge >= 0.3 is 0 Å². The largest absolute Gasteiger partial charge is 0.488 e. The molecule has 0 aliphatic rings. The summed E-state index contributed by atoms with van der Waals surface area (Å²) < 4.78 is 23.8. The Balaban J connectivity index is 2.24. The number of ketones is 1. The van der Waals surface area contributed by atoms with Gasteiger partial charge in [-0.1, -0.05) is 5.16 Å². The molecular formula is C14H14FNO3. The fraction of sp³-hybridized carbons (Fsp3) is 0.286. The maximum Gasteiger partial charge on any atom is 0.163 e. The maximum atomic E-state index is 13.2. The van der Waals surface area contributed by atoms with Gasteiger partial charge in [-0.3, -0.25) is 4.79 Å². The number of rotatable bonds is 4. The number of aromatic nitrogens is 1. The molecule has 0 spiro atoms. The number of hydrogen-bond donors (Lipinski definition) is 0. The lowest BCUT2D eigenvalue weighted by atomic mass is 10.1. The zero-order valence-corrected chi connectivity index (χ0v) is 11.0. The Morgan fingerprint density at radius 3 is 2.74 bits per heavy atom. The fourth-order valence-corrected chi connectivity index (χ4v) is 1.76. The minimum Gasteiger partial charge on any atom is -0.488 e. The summed E-state index contributed by atoms with van der Waals surface area (Å²) in [6.45, 7) is 5.17. The molecule has 0 aliphatic carbocycles. The van der Waals surface area contributed by atoms with E-state index in [2.05, 4.69) is 5.16 Å². The summed E-state index contributed by atoms with van der Waals surface area (Å²) in [5.41, 5.74) is 1.88. The van der Waals surface area contributed by atoms with E-state index in [0.29, 0.717) is 11.3 Å². The van der Waals surface area contributed by atoms with Crippen LogP contribution in [0.2, 0.25) is 0 Å². The molecule has 0 bridgehead atoms. The summed E-state index contributed by atoms with van der Waals surface area (Å²) in [6.07, 6.45) is 0. The van der Waals surface area contributed by atoms with Gasteiger partial charge in [-0.15, -0.1) is 0 Å². The number of nitrogens with zero attached hydrogens (tertiary/aromatic N) is 1. The molecule has 2 aromatic rings. The normalized spacial score (nSPS) is 10.5. The lowest BCUT2D eigenvalue weighted by Gasteiger charge is -2.09. The van der Waals surface area contributed by atoms with Gasteiger partial charge < -0.3 is 9.26 Å². The number of Topliss-reactive ketones (excluding diaryl/α,β-unsaturated/α-hetero) is 1. The molecule has 2 rings (SSSR count). The SMILES string of the molecule is CC(=O)c1ccc(F)cc1OCc1c(C)noc1C. The van der Waals surface area contributed by atoms with Gasteiger partial charge in [0.05, 0.1) is 16.8 Å². The van der Waals surface area contributed by atoms with E-state index < -0.39 is 5.82 Å². The average molecular weight is 263 g/mol. The van der Waals surface area contributed by atoms with E-state index in [1.807, 2.05) is 0 Å². The van der Waals surface area contributed by atoms with Crippen molar-refractivity contribution in [2.45, 2.75) is 27.4 Å². The first-order valence-corrected chi connectivity index (χ1v) is 5.84. The Labute approximate surface area is 110 Å². The van der Waals surface area contributed by atoms with E-state index in [0.717, 1.165) is 11.3 Å². The zero-order chi connectivity index (χ0) is 14.0. The first-order chi connectivity index (χ1) is 8.99. The van der Waals surface area contributed by atoms with Crippen molar-refractivity contribution in [3.63, 3.8) is 0 Å². The van der Waals surface area contributed by atoms with Crippen LogP contribution in [0.15, 0.2) is 22.7 Å². The molecule has 0 aliphatic heterocycles. The van der Waals surface area contributed by atoms with Gasteiger partial charge in [-0.25, -0.2) is 4.39 Å². The van der Waals surface area contributed by atoms with E-state index in [1.54, 1.807) is 13.8 Å². The fourth-order valence-electron chi connectivity index (χ4n) is 1.76. The first kappa shape index (κ1) is 13.3. The molecule has 0 atom stereocenters. The monoisotopic (exact) mass is 263 g/mol. The zero-order valence-electron chi connectivity index (χ0n) is 11.0.